The van der Waals surface area contributed by atoms with Crippen LogP contribution in [0.15, 0.2) is 0 Å². The molecule has 10 heavy (non-hydrogen) atoms. The minimum atomic E-state index is -0.918. The lowest BCUT2D eigenvalue weighted by Crippen LogP contribution is -2.11. The van der Waals surface area contributed by atoms with E-state index in [1.54, 1.807) is 0 Å². The first-order valence-corrected chi connectivity index (χ1v) is 7.20. The number of hydrogen-bond acceptors (Lipinski definition) is 5. The summed E-state index contributed by atoms with van der Waals surface area (Å²) in [6.45, 7) is 0. The van der Waals surface area contributed by atoms with Crippen LogP contribution in [0.1, 0.15) is 0 Å². The van der Waals surface area contributed by atoms with Crippen molar-refractivity contribution in [3.63, 3.8) is 0 Å². The van der Waals surface area contributed by atoms with Crippen molar-refractivity contribution in [2.24, 2.45) is 0 Å². The van der Waals surface area contributed by atoms with Gasteiger partial charge in [0.2, 0.25) is 0 Å². The Morgan fingerprint density at radius 2 is 1.70 bits per heavy atom. The van der Waals surface area contributed by atoms with Crippen molar-refractivity contribution in [1.82, 2.24) is 3.71 Å². The fraction of sp³-hybridized carbons (Fsp3) is 0.667. The Kier molecular flexibility index (Phi) is 6.81. The maximum atomic E-state index is 10.3. The zero-order chi connectivity index (χ0) is 7.98. The highest BCUT2D eigenvalue weighted by molar-refractivity contribution is 8.83. The molecule has 1 amide bonds. The van der Waals surface area contributed by atoms with E-state index in [0.717, 1.165) is 0 Å². The van der Waals surface area contributed by atoms with Gasteiger partial charge in [-0.05, 0) is 12.5 Å². The first kappa shape index (κ1) is 10.7. The third kappa shape index (κ3) is 4.48. The van der Waals surface area contributed by atoms with Gasteiger partial charge in [0.25, 0.3) is 0 Å². The number of carboxylic acid groups (broad SMARTS) is 1. The molecule has 0 aliphatic heterocycles. The van der Waals surface area contributed by atoms with Gasteiger partial charge in [-0.3, -0.25) is 0 Å². The van der Waals surface area contributed by atoms with Crippen LogP contribution in [0.3, 0.4) is 0 Å². The van der Waals surface area contributed by atoms with Gasteiger partial charge < -0.3 is 5.11 Å². The van der Waals surface area contributed by atoms with Crippen LogP contribution in [0.2, 0.25) is 0 Å². The van der Waals surface area contributed by atoms with Gasteiger partial charge in [0.1, 0.15) is 0 Å². The molecule has 0 radical (unpaired) electrons. The van der Waals surface area contributed by atoms with Crippen LogP contribution in [-0.4, -0.2) is 27.4 Å². The average Bonchev–Trinajstić information content (AvgIpc) is 1.87. The molecular formula is C3H7NO2S4. The Morgan fingerprint density at radius 1 is 1.30 bits per heavy atom. The Labute approximate surface area is 75.7 Å². The fourth-order valence-electron chi connectivity index (χ4n) is 0.212. The van der Waals surface area contributed by atoms with Gasteiger partial charge in [-0.15, -0.1) is 0 Å². The largest absolute Gasteiger partial charge is 0.464 e. The van der Waals surface area contributed by atoms with Crippen molar-refractivity contribution in [2.45, 2.75) is 0 Å². The average molecular weight is 217 g/mol. The van der Waals surface area contributed by atoms with E-state index in [1.165, 1.54) is 47.3 Å². The summed E-state index contributed by atoms with van der Waals surface area (Å²) in [5.74, 6) is 0. The van der Waals surface area contributed by atoms with E-state index >= 15 is 0 Å². The highest BCUT2D eigenvalue weighted by Gasteiger charge is 2.11. The van der Waals surface area contributed by atoms with E-state index in [-0.39, 0.29) is 0 Å². The Bertz CT molecular complexity index is 105. The molecule has 7 heteroatoms. The van der Waals surface area contributed by atoms with E-state index in [4.69, 9.17) is 5.11 Å². The van der Waals surface area contributed by atoms with Gasteiger partial charge in [-0.1, -0.05) is 21.6 Å². The summed E-state index contributed by atoms with van der Waals surface area (Å²) in [5.41, 5.74) is 0. The SMILES string of the molecule is CSSN(SSC)C(=O)O. The first-order valence-electron chi connectivity index (χ1n) is 2.17. The standard InChI is InChI=1S/C3H7NO2S4/c1-7-9-4(3(5)6)10-8-2/h1-2H3,(H,5,6). The molecule has 0 aliphatic rings. The van der Waals surface area contributed by atoms with Crippen LogP contribution >= 0.6 is 43.5 Å². The summed E-state index contributed by atoms with van der Waals surface area (Å²) in [4.78, 5) is 10.3. The lowest BCUT2D eigenvalue weighted by atomic mass is 11.3. The minimum Gasteiger partial charge on any atom is -0.464 e. The minimum absolute atomic E-state index is 0.918. The number of hydrogen-bond donors (Lipinski definition) is 1. The number of nitrogens with zero attached hydrogens (tertiary/aromatic N) is 1. The Hall–Kier alpha value is 0.670. The van der Waals surface area contributed by atoms with E-state index in [9.17, 15) is 4.79 Å². The smallest absolute Gasteiger partial charge is 0.429 e. The molecule has 60 valence electrons. The van der Waals surface area contributed by atoms with Gasteiger partial charge in [0.05, 0.1) is 0 Å². The van der Waals surface area contributed by atoms with Crippen LogP contribution < -0.4 is 0 Å². The van der Waals surface area contributed by atoms with Crippen molar-refractivity contribution in [3.8, 4) is 0 Å². The fourth-order valence-corrected chi connectivity index (χ4v) is 3.89. The summed E-state index contributed by atoms with van der Waals surface area (Å²) in [7, 11) is 5.21. The van der Waals surface area contributed by atoms with Crippen molar-refractivity contribution in [1.29, 1.82) is 0 Å². The lowest BCUT2D eigenvalue weighted by Gasteiger charge is -2.10. The quantitative estimate of drug-likeness (QED) is 0.577. The molecule has 0 unspecified atom stereocenters. The van der Waals surface area contributed by atoms with E-state index in [2.05, 4.69) is 0 Å². The van der Waals surface area contributed by atoms with Crippen LogP contribution in [0.5, 0.6) is 0 Å². The number of carbonyl (C=O) groups is 1. The Morgan fingerprint density at radius 3 is 1.90 bits per heavy atom. The summed E-state index contributed by atoms with van der Waals surface area (Å²) in [5, 5.41) is 8.49. The molecule has 0 aromatic carbocycles. The monoisotopic (exact) mass is 217 g/mol. The Balaban J connectivity index is 3.61. The normalized spacial score (nSPS) is 9.40. The van der Waals surface area contributed by atoms with Crippen molar-refractivity contribution in [2.75, 3.05) is 12.5 Å². The van der Waals surface area contributed by atoms with Gasteiger partial charge in [0.15, 0.2) is 0 Å². The van der Waals surface area contributed by atoms with Crippen LogP contribution in [0.25, 0.3) is 0 Å². The molecule has 0 aliphatic carbocycles. The van der Waals surface area contributed by atoms with Crippen molar-refractivity contribution < 1.29 is 9.90 Å². The third-order valence-corrected chi connectivity index (χ3v) is 4.12. The van der Waals surface area contributed by atoms with E-state index in [1.807, 2.05) is 12.5 Å². The molecule has 0 aromatic heterocycles. The second kappa shape index (κ2) is 6.38. The molecule has 0 fully saturated rings. The maximum absolute atomic E-state index is 10.3. The highest BCUT2D eigenvalue weighted by atomic mass is 33.1. The summed E-state index contributed by atoms with van der Waals surface area (Å²) >= 11 is 0. The van der Waals surface area contributed by atoms with Crippen molar-refractivity contribution in [3.05, 3.63) is 0 Å². The predicted molar refractivity (Wildman–Crippen MR) is 52.1 cm³/mol. The molecule has 1 N–H and O–H groups in total. The zero-order valence-corrected chi connectivity index (χ0v) is 8.70. The lowest BCUT2D eigenvalue weighted by molar-refractivity contribution is 0.191. The molecule has 0 atom stereocenters. The third-order valence-electron chi connectivity index (χ3n) is 0.441. The van der Waals surface area contributed by atoms with Gasteiger partial charge in [0, 0.05) is 22.0 Å². The summed E-state index contributed by atoms with van der Waals surface area (Å²) in [6.07, 6.45) is 2.75. The molecule has 0 bridgehead atoms. The number of amides is 1. The molecule has 3 nitrogen and oxygen atoms in total. The number of rotatable bonds is 4. The summed E-state index contributed by atoms with van der Waals surface area (Å²) < 4.78 is 1.20. The molecule has 0 saturated heterocycles. The van der Waals surface area contributed by atoms with Gasteiger partial charge in [-0.2, -0.15) is 3.71 Å². The first-order chi connectivity index (χ1) is 4.72. The van der Waals surface area contributed by atoms with E-state index < -0.39 is 6.09 Å². The predicted octanol–water partition coefficient (Wildman–Crippen LogP) is 2.82. The molecular weight excluding hydrogens is 210 g/mol. The maximum Gasteiger partial charge on any atom is 0.429 e. The van der Waals surface area contributed by atoms with Crippen LogP contribution in [-0.2, 0) is 0 Å². The highest BCUT2D eigenvalue weighted by Crippen LogP contribution is 2.35. The molecule has 0 aromatic rings. The topological polar surface area (TPSA) is 40.5 Å². The summed E-state index contributed by atoms with van der Waals surface area (Å²) in [6, 6.07) is 0. The van der Waals surface area contributed by atoms with Gasteiger partial charge in [-0.25, -0.2) is 4.79 Å². The van der Waals surface area contributed by atoms with Crippen LogP contribution in [0, 0.1) is 0 Å². The molecule has 0 saturated carbocycles. The zero-order valence-electron chi connectivity index (χ0n) is 5.44. The molecule has 0 spiro atoms. The van der Waals surface area contributed by atoms with Crippen molar-refractivity contribution >= 4 is 49.6 Å². The van der Waals surface area contributed by atoms with Crippen LogP contribution in [0.4, 0.5) is 4.79 Å². The van der Waals surface area contributed by atoms with E-state index in [0.29, 0.717) is 0 Å². The molecule has 0 rings (SSSR count). The molecule has 0 heterocycles. The second-order valence-corrected chi connectivity index (χ2v) is 5.84. The van der Waals surface area contributed by atoms with Gasteiger partial charge >= 0.3 is 6.09 Å². The second-order valence-electron chi connectivity index (χ2n) is 1.02.